The fraction of sp³-hybridized carbons (Fsp3) is 0.400. The Hall–Kier alpha value is -1.22. The molecule has 1 fully saturated rings. The Labute approximate surface area is 111 Å². The molecule has 1 N–H and O–H groups in total. The topological polar surface area (TPSA) is 32.9 Å². The number of hydrogen-bond donors (Lipinski definition) is 1. The normalized spacial score (nSPS) is 17.1. The van der Waals surface area contributed by atoms with Crippen molar-refractivity contribution in [2.75, 3.05) is 0 Å². The lowest BCUT2D eigenvalue weighted by Crippen LogP contribution is -2.07. The van der Waals surface area contributed by atoms with Gasteiger partial charge in [0.1, 0.15) is 0 Å². The van der Waals surface area contributed by atoms with Crippen LogP contribution < -0.4 is 5.56 Å². The average Bonchev–Trinajstić information content (AvgIpc) is 2.40. The van der Waals surface area contributed by atoms with Crippen molar-refractivity contribution in [1.29, 1.82) is 0 Å². The van der Waals surface area contributed by atoms with E-state index >= 15 is 0 Å². The zero-order chi connectivity index (χ0) is 12.4. The van der Waals surface area contributed by atoms with E-state index in [1.807, 2.05) is 23.9 Å². The van der Waals surface area contributed by atoms with Gasteiger partial charge in [0, 0.05) is 21.7 Å². The van der Waals surface area contributed by atoms with Crippen molar-refractivity contribution < 1.29 is 0 Å². The summed E-state index contributed by atoms with van der Waals surface area (Å²) in [6, 6.07) is 9.82. The Bertz CT molecular complexity index is 599. The van der Waals surface area contributed by atoms with Gasteiger partial charge in [0.15, 0.2) is 0 Å². The minimum Gasteiger partial charge on any atom is -0.322 e. The lowest BCUT2D eigenvalue weighted by atomic mass is 10.0. The number of pyridine rings is 1. The second kappa shape index (κ2) is 5.19. The molecule has 2 aromatic rings. The second-order valence-electron chi connectivity index (χ2n) is 4.95. The second-order valence-corrected chi connectivity index (χ2v) is 6.32. The van der Waals surface area contributed by atoms with Crippen LogP contribution in [0.15, 0.2) is 40.0 Å². The molecular formula is C15H17NOS. The molecule has 1 aromatic heterocycles. The number of aromatic nitrogens is 1. The Balaban J connectivity index is 1.84. The maximum absolute atomic E-state index is 11.2. The summed E-state index contributed by atoms with van der Waals surface area (Å²) in [5.74, 6) is 0. The summed E-state index contributed by atoms with van der Waals surface area (Å²) >= 11 is 1.99. The third-order valence-corrected chi connectivity index (χ3v) is 4.88. The molecular weight excluding hydrogens is 242 g/mol. The van der Waals surface area contributed by atoms with Crippen LogP contribution in [0.1, 0.15) is 32.1 Å². The van der Waals surface area contributed by atoms with Gasteiger partial charge in [-0.25, -0.2) is 0 Å². The first-order valence-corrected chi connectivity index (χ1v) is 7.49. The lowest BCUT2D eigenvalue weighted by molar-refractivity contribution is 0.516. The van der Waals surface area contributed by atoms with Gasteiger partial charge in [0.25, 0.3) is 0 Å². The Kier molecular flexibility index (Phi) is 3.41. The number of thioether (sulfide) groups is 1. The molecule has 0 bridgehead atoms. The van der Waals surface area contributed by atoms with Crippen LogP contribution in [0.2, 0.25) is 0 Å². The van der Waals surface area contributed by atoms with Crippen molar-refractivity contribution in [1.82, 2.24) is 4.98 Å². The van der Waals surface area contributed by atoms with E-state index in [-0.39, 0.29) is 5.56 Å². The summed E-state index contributed by atoms with van der Waals surface area (Å²) < 4.78 is 0. The molecule has 0 spiro atoms. The van der Waals surface area contributed by atoms with Gasteiger partial charge in [-0.2, -0.15) is 0 Å². The minimum atomic E-state index is -0.0322. The van der Waals surface area contributed by atoms with Crippen LogP contribution in [0.25, 0.3) is 10.9 Å². The van der Waals surface area contributed by atoms with Gasteiger partial charge in [0.05, 0.1) is 0 Å². The van der Waals surface area contributed by atoms with Crippen molar-refractivity contribution in [2.24, 2.45) is 0 Å². The molecule has 18 heavy (non-hydrogen) atoms. The van der Waals surface area contributed by atoms with Crippen LogP contribution in [-0.4, -0.2) is 10.2 Å². The molecule has 0 saturated heterocycles. The van der Waals surface area contributed by atoms with Crippen molar-refractivity contribution in [2.45, 2.75) is 42.2 Å². The van der Waals surface area contributed by atoms with E-state index < -0.39 is 0 Å². The molecule has 0 atom stereocenters. The van der Waals surface area contributed by atoms with E-state index in [9.17, 15) is 4.79 Å². The van der Waals surface area contributed by atoms with Crippen LogP contribution in [0, 0.1) is 0 Å². The van der Waals surface area contributed by atoms with E-state index in [1.165, 1.54) is 37.0 Å². The maximum atomic E-state index is 11.2. The number of hydrogen-bond acceptors (Lipinski definition) is 2. The van der Waals surface area contributed by atoms with Crippen LogP contribution in [0.3, 0.4) is 0 Å². The minimum absolute atomic E-state index is 0.0322. The van der Waals surface area contributed by atoms with Gasteiger partial charge < -0.3 is 4.98 Å². The molecule has 94 valence electrons. The molecule has 1 aliphatic carbocycles. The van der Waals surface area contributed by atoms with Crippen molar-refractivity contribution in [3.8, 4) is 0 Å². The summed E-state index contributed by atoms with van der Waals surface area (Å²) in [5, 5.41) is 1.90. The summed E-state index contributed by atoms with van der Waals surface area (Å²) in [6.07, 6.45) is 6.83. The molecule has 1 saturated carbocycles. The molecule has 0 radical (unpaired) electrons. The van der Waals surface area contributed by atoms with E-state index in [0.717, 1.165) is 16.2 Å². The first-order valence-electron chi connectivity index (χ1n) is 6.61. The first-order chi connectivity index (χ1) is 8.81. The van der Waals surface area contributed by atoms with Crippen LogP contribution >= 0.6 is 11.8 Å². The van der Waals surface area contributed by atoms with Gasteiger partial charge in [0.2, 0.25) is 5.56 Å². The quantitative estimate of drug-likeness (QED) is 0.885. The maximum Gasteiger partial charge on any atom is 0.248 e. The number of aromatic amines is 1. The SMILES string of the molecule is O=c1ccc2cc(SC3CCCCC3)ccc2[nH]1. The van der Waals surface area contributed by atoms with Crippen LogP contribution in [0.5, 0.6) is 0 Å². The lowest BCUT2D eigenvalue weighted by Gasteiger charge is -2.20. The number of benzene rings is 1. The fourth-order valence-electron chi connectivity index (χ4n) is 2.58. The van der Waals surface area contributed by atoms with Crippen LogP contribution in [-0.2, 0) is 0 Å². The number of H-pyrrole nitrogens is 1. The van der Waals surface area contributed by atoms with Crippen molar-refractivity contribution in [3.05, 3.63) is 40.7 Å². The molecule has 3 heteroatoms. The van der Waals surface area contributed by atoms with Crippen molar-refractivity contribution >= 4 is 22.7 Å². The highest BCUT2D eigenvalue weighted by atomic mass is 32.2. The third-order valence-electron chi connectivity index (χ3n) is 3.55. The van der Waals surface area contributed by atoms with Gasteiger partial charge >= 0.3 is 0 Å². The van der Waals surface area contributed by atoms with Crippen LogP contribution in [0.4, 0.5) is 0 Å². The number of rotatable bonds is 2. The van der Waals surface area contributed by atoms with Gasteiger partial charge in [-0.3, -0.25) is 4.79 Å². The average molecular weight is 259 g/mol. The Morgan fingerprint density at radius 1 is 1.06 bits per heavy atom. The standard InChI is InChI=1S/C15H17NOS/c17-15-9-6-11-10-13(7-8-14(11)16-15)18-12-4-2-1-3-5-12/h6-10,12H,1-5H2,(H,16,17). The van der Waals surface area contributed by atoms with Gasteiger partial charge in [-0.1, -0.05) is 19.3 Å². The molecule has 2 nitrogen and oxygen atoms in total. The highest BCUT2D eigenvalue weighted by Crippen LogP contribution is 2.34. The monoisotopic (exact) mass is 259 g/mol. The van der Waals surface area contributed by atoms with Crippen molar-refractivity contribution in [3.63, 3.8) is 0 Å². The molecule has 1 aromatic carbocycles. The summed E-state index contributed by atoms with van der Waals surface area (Å²) in [4.78, 5) is 15.4. The summed E-state index contributed by atoms with van der Waals surface area (Å²) in [7, 11) is 0. The number of fused-ring (bicyclic) bond motifs is 1. The highest BCUT2D eigenvalue weighted by Gasteiger charge is 2.14. The molecule has 0 amide bonds. The largest absolute Gasteiger partial charge is 0.322 e. The molecule has 0 aliphatic heterocycles. The Morgan fingerprint density at radius 3 is 2.72 bits per heavy atom. The zero-order valence-electron chi connectivity index (χ0n) is 10.3. The molecule has 0 unspecified atom stereocenters. The number of nitrogens with one attached hydrogen (secondary N) is 1. The molecule has 1 heterocycles. The smallest absolute Gasteiger partial charge is 0.248 e. The highest BCUT2D eigenvalue weighted by molar-refractivity contribution is 8.00. The summed E-state index contributed by atoms with van der Waals surface area (Å²) in [5.41, 5.74) is 0.894. The molecule has 3 rings (SSSR count). The summed E-state index contributed by atoms with van der Waals surface area (Å²) in [6.45, 7) is 0. The van der Waals surface area contributed by atoms with E-state index in [2.05, 4.69) is 17.1 Å². The zero-order valence-corrected chi connectivity index (χ0v) is 11.1. The van der Waals surface area contributed by atoms with E-state index in [4.69, 9.17) is 0 Å². The fourth-order valence-corrected chi connectivity index (χ4v) is 3.88. The predicted molar refractivity (Wildman–Crippen MR) is 77.3 cm³/mol. The first kappa shape index (κ1) is 11.8. The predicted octanol–water partition coefficient (Wildman–Crippen LogP) is 3.95. The van der Waals surface area contributed by atoms with Gasteiger partial charge in [-0.15, -0.1) is 11.8 Å². The van der Waals surface area contributed by atoms with E-state index in [1.54, 1.807) is 6.07 Å². The Morgan fingerprint density at radius 2 is 1.89 bits per heavy atom. The molecule has 1 aliphatic rings. The van der Waals surface area contributed by atoms with Gasteiger partial charge in [-0.05, 0) is 42.5 Å². The van der Waals surface area contributed by atoms with E-state index in [0.29, 0.717) is 0 Å². The third kappa shape index (κ3) is 2.61.